The average molecular weight is 475 g/mol. The number of rotatable bonds is 9. The molecule has 8 heteroatoms. The molecule has 4 rings (SSSR count). The first kappa shape index (κ1) is 24.0. The normalized spacial score (nSPS) is 12.8. The Labute approximate surface area is 203 Å². The number of carbonyl (C=O) groups is 3. The average Bonchev–Trinajstić information content (AvgIpc) is 3.20. The zero-order chi connectivity index (χ0) is 24.8. The first-order valence-electron chi connectivity index (χ1n) is 11.2. The maximum atomic E-state index is 12.9. The Hall–Kier alpha value is -4.17. The van der Waals surface area contributed by atoms with Gasteiger partial charge in [-0.05, 0) is 27.8 Å². The smallest absolute Gasteiger partial charge is 0.407 e. The summed E-state index contributed by atoms with van der Waals surface area (Å²) in [6, 6.07) is 25.0. The van der Waals surface area contributed by atoms with Crippen molar-refractivity contribution in [2.24, 2.45) is 0 Å². The van der Waals surface area contributed by atoms with Crippen LogP contribution in [0.15, 0.2) is 78.9 Å². The van der Waals surface area contributed by atoms with E-state index in [4.69, 9.17) is 14.7 Å². The molecule has 35 heavy (non-hydrogen) atoms. The van der Waals surface area contributed by atoms with Crippen LogP contribution in [-0.2, 0) is 19.2 Å². The van der Waals surface area contributed by atoms with Crippen LogP contribution in [0.4, 0.5) is 4.79 Å². The van der Waals surface area contributed by atoms with Gasteiger partial charge in [0.1, 0.15) is 6.61 Å². The highest BCUT2D eigenvalue weighted by Gasteiger charge is 2.30. The molecular weight excluding hydrogens is 448 g/mol. The number of carboxylic acids is 1. The summed E-state index contributed by atoms with van der Waals surface area (Å²) in [7, 11) is 1.34. The lowest BCUT2D eigenvalue weighted by Gasteiger charge is -2.23. The van der Waals surface area contributed by atoms with E-state index in [1.807, 2.05) is 42.5 Å². The van der Waals surface area contributed by atoms with Gasteiger partial charge in [0.05, 0.1) is 5.92 Å². The lowest BCUT2D eigenvalue weighted by Crippen LogP contribution is -2.39. The molecule has 3 aromatic rings. The van der Waals surface area contributed by atoms with Crippen molar-refractivity contribution in [3.8, 4) is 11.1 Å². The number of alkyl carbamates (subject to hydrolysis) is 1. The van der Waals surface area contributed by atoms with Gasteiger partial charge in [0.15, 0.2) is 6.61 Å². The number of ether oxygens (including phenoxy) is 1. The maximum Gasteiger partial charge on any atom is 0.407 e. The first-order valence-corrected chi connectivity index (χ1v) is 11.2. The van der Waals surface area contributed by atoms with Gasteiger partial charge < -0.3 is 15.2 Å². The van der Waals surface area contributed by atoms with Crippen molar-refractivity contribution in [2.75, 3.05) is 26.8 Å². The Morgan fingerprint density at radius 2 is 1.49 bits per heavy atom. The van der Waals surface area contributed by atoms with Gasteiger partial charge in [-0.3, -0.25) is 9.63 Å². The SMILES string of the molecule is CN(OCC(=O)O)C(=O)C(CNC(=O)OCC1c2ccccc2-c2ccccc21)c1ccccc1. The third-order valence-corrected chi connectivity index (χ3v) is 5.99. The predicted molar refractivity (Wildman–Crippen MR) is 129 cm³/mol. The molecule has 1 aliphatic carbocycles. The molecular formula is C27H26N2O6. The van der Waals surface area contributed by atoms with Crippen molar-refractivity contribution in [2.45, 2.75) is 11.8 Å². The Kier molecular flexibility index (Phi) is 7.42. The number of fused-ring (bicyclic) bond motifs is 3. The molecule has 2 N–H and O–H groups in total. The second-order valence-corrected chi connectivity index (χ2v) is 8.17. The molecule has 0 fully saturated rings. The molecule has 0 saturated heterocycles. The molecule has 8 nitrogen and oxygen atoms in total. The van der Waals surface area contributed by atoms with Crippen molar-refractivity contribution < 1.29 is 29.1 Å². The largest absolute Gasteiger partial charge is 0.479 e. The number of hydroxylamine groups is 2. The summed E-state index contributed by atoms with van der Waals surface area (Å²) >= 11 is 0. The summed E-state index contributed by atoms with van der Waals surface area (Å²) in [4.78, 5) is 41.3. The molecule has 0 aliphatic heterocycles. The maximum absolute atomic E-state index is 12.9. The number of likely N-dealkylation sites (N-methyl/N-ethyl adjacent to an activating group) is 1. The van der Waals surface area contributed by atoms with Crippen LogP contribution in [0, 0.1) is 0 Å². The van der Waals surface area contributed by atoms with Crippen LogP contribution >= 0.6 is 0 Å². The van der Waals surface area contributed by atoms with Gasteiger partial charge >= 0.3 is 12.1 Å². The summed E-state index contributed by atoms with van der Waals surface area (Å²) in [5.74, 6) is -2.54. The van der Waals surface area contributed by atoms with Crippen LogP contribution in [0.25, 0.3) is 11.1 Å². The minimum Gasteiger partial charge on any atom is -0.479 e. The zero-order valence-electron chi connectivity index (χ0n) is 19.2. The molecule has 0 bridgehead atoms. The minimum absolute atomic E-state index is 0.0414. The highest BCUT2D eigenvalue weighted by Crippen LogP contribution is 2.44. The number of benzene rings is 3. The van der Waals surface area contributed by atoms with E-state index in [9.17, 15) is 14.4 Å². The third-order valence-electron chi connectivity index (χ3n) is 5.99. The molecule has 180 valence electrons. The number of nitrogens with one attached hydrogen (secondary N) is 1. The Morgan fingerprint density at radius 3 is 2.09 bits per heavy atom. The summed E-state index contributed by atoms with van der Waals surface area (Å²) in [6.45, 7) is -0.532. The van der Waals surface area contributed by atoms with E-state index in [2.05, 4.69) is 17.4 Å². The number of nitrogens with zero attached hydrogens (tertiary/aromatic N) is 1. The predicted octanol–water partition coefficient (Wildman–Crippen LogP) is 3.78. The number of hydrogen-bond acceptors (Lipinski definition) is 5. The van der Waals surface area contributed by atoms with Crippen molar-refractivity contribution in [3.63, 3.8) is 0 Å². The van der Waals surface area contributed by atoms with E-state index in [1.165, 1.54) is 7.05 Å². The fraction of sp³-hybridized carbons (Fsp3) is 0.222. The van der Waals surface area contributed by atoms with Crippen LogP contribution in [-0.4, -0.2) is 54.9 Å². The van der Waals surface area contributed by atoms with E-state index >= 15 is 0 Å². The van der Waals surface area contributed by atoms with Crippen molar-refractivity contribution in [1.82, 2.24) is 10.4 Å². The molecule has 0 saturated carbocycles. The van der Waals surface area contributed by atoms with Gasteiger partial charge in [-0.2, -0.15) is 0 Å². The molecule has 0 heterocycles. The number of aliphatic carboxylic acids is 1. The quantitative estimate of drug-likeness (QED) is 0.457. The molecule has 1 unspecified atom stereocenters. The van der Waals surface area contributed by atoms with Gasteiger partial charge in [-0.15, -0.1) is 0 Å². The first-order chi connectivity index (χ1) is 17.0. The second-order valence-electron chi connectivity index (χ2n) is 8.17. The van der Waals surface area contributed by atoms with Gasteiger partial charge in [0.25, 0.3) is 5.91 Å². The Morgan fingerprint density at radius 1 is 0.914 bits per heavy atom. The summed E-state index contributed by atoms with van der Waals surface area (Å²) in [5, 5.41) is 12.4. The number of carbonyl (C=O) groups excluding carboxylic acids is 2. The Bertz CT molecular complexity index is 1170. The highest BCUT2D eigenvalue weighted by molar-refractivity contribution is 5.84. The fourth-order valence-corrected chi connectivity index (χ4v) is 4.30. The van der Waals surface area contributed by atoms with Crippen LogP contribution in [0.3, 0.4) is 0 Å². The monoisotopic (exact) mass is 474 g/mol. The zero-order valence-corrected chi connectivity index (χ0v) is 19.2. The molecule has 2 amide bonds. The van der Waals surface area contributed by atoms with E-state index in [0.29, 0.717) is 5.56 Å². The van der Waals surface area contributed by atoms with E-state index in [0.717, 1.165) is 27.3 Å². The van der Waals surface area contributed by atoms with Crippen LogP contribution in [0.2, 0.25) is 0 Å². The lowest BCUT2D eigenvalue weighted by molar-refractivity contribution is -0.186. The summed E-state index contributed by atoms with van der Waals surface area (Å²) in [6.07, 6.45) is -0.644. The van der Waals surface area contributed by atoms with E-state index in [1.54, 1.807) is 24.3 Å². The fourth-order valence-electron chi connectivity index (χ4n) is 4.30. The van der Waals surface area contributed by atoms with Crippen LogP contribution in [0.1, 0.15) is 28.5 Å². The van der Waals surface area contributed by atoms with Crippen LogP contribution < -0.4 is 5.32 Å². The number of amides is 2. The lowest BCUT2D eigenvalue weighted by atomic mass is 9.98. The van der Waals surface area contributed by atoms with Gasteiger partial charge in [-0.25, -0.2) is 14.7 Å². The third kappa shape index (κ3) is 5.50. The molecule has 1 atom stereocenters. The van der Waals surface area contributed by atoms with Gasteiger partial charge in [0.2, 0.25) is 0 Å². The van der Waals surface area contributed by atoms with E-state index in [-0.39, 0.29) is 19.1 Å². The second kappa shape index (κ2) is 10.8. The minimum atomic E-state index is -1.20. The van der Waals surface area contributed by atoms with Gasteiger partial charge in [-0.1, -0.05) is 78.9 Å². The standard InChI is InChI=1S/C27H26N2O6/c1-29(35-17-25(30)31)26(32)23(18-9-3-2-4-10-18)15-28-27(33)34-16-24-21-13-7-5-11-19(21)20-12-6-8-14-22(20)24/h2-14,23-24H,15-17H2,1H3,(H,28,33)(H,30,31). The summed E-state index contributed by atoms with van der Waals surface area (Å²) < 4.78 is 5.56. The van der Waals surface area contributed by atoms with Crippen molar-refractivity contribution in [1.29, 1.82) is 0 Å². The molecule has 0 radical (unpaired) electrons. The van der Waals surface area contributed by atoms with Crippen molar-refractivity contribution in [3.05, 3.63) is 95.6 Å². The molecule has 0 spiro atoms. The summed E-state index contributed by atoms with van der Waals surface area (Å²) in [5.41, 5.74) is 5.14. The molecule has 3 aromatic carbocycles. The topological polar surface area (TPSA) is 105 Å². The Balaban J connectivity index is 1.40. The van der Waals surface area contributed by atoms with E-state index < -0.39 is 30.5 Å². The van der Waals surface area contributed by atoms with Crippen molar-refractivity contribution >= 4 is 18.0 Å². The number of hydrogen-bond donors (Lipinski definition) is 2. The molecule has 1 aliphatic rings. The van der Waals surface area contributed by atoms with Crippen LogP contribution in [0.5, 0.6) is 0 Å². The van der Waals surface area contributed by atoms with Gasteiger partial charge in [0, 0.05) is 19.5 Å². The molecule has 0 aromatic heterocycles. The number of carboxylic acid groups (broad SMARTS) is 1. The highest BCUT2D eigenvalue weighted by atomic mass is 16.7.